The summed E-state index contributed by atoms with van der Waals surface area (Å²) in [6, 6.07) is 0.520. The molecule has 2 rings (SSSR count). The number of carbonyl (C=O) groups excluding carboxylic acids is 1. The lowest BCUT2D eigenvalue weighted by Crippen LogP contribution is -2.48. The van der Waals surface area contributed by atoms with E-state index in [1.165, 1.54) is 32.1 Å². The van der Waals surface area contributed by atoms with E-state index in [0.717, 1.165) is 19.4 Å². The van der Waals surface area contributed by atoms with Crippen molar-refractivity contribution in [1.82, 2.24) is 4.90 Å². The predicted octanol–water partition coefficient (Wildman–Crippen LogP) is 2.69. The highest BCUT2D eigenvalue weighted by molar-refractivity contribution is 5.78. The van der Waals surface area contributed by atoms with Gasteiger partial charge in [0.25, 0.3) is 0 Å². The number of amides is 1. The summed E-state index contributed by atoms with van der Waals surface area (Å²) < 4.78 is 0. The van der Waals surface area contributed by atoms with Crippen molar-refractivity contribution in [3.05, 3.63) is 0 Å². The van der Waals surface area contributed by atoms with Crippen molar-refractivity contribution in [1.29, 1.82) is 0 Å². The summed E-state index contributed by atoms with van der Waals surface area (Å²) in [5, 5.41) is 0. The molecule has 2 N–H and O–H groups in total. The van der Waals surface area contributed by atoms with Gasteiger partial charge in [0, 0.05) is 24.5 Å². The second-order valence-electron chi connectivity index (χ2n) is 6.77. The van der Waals surface area contributed by atoms with Gasteiger partial charge in [0.15, 0.2) is 0 Å². The molecule has 0 aromatic heterocycles. The zero-order chi connectivity index (χ0) is 13.2. The Kier molecular flexibility index (Phi) is 4.31. The van der Waals surface area contributed by atoms with Crippen molar-refractivity contribution >= 4 is 5.91 Å². The van der Waals surface area contributed by atoms with Gasteiger partial charge in [-0.3, -0.25) is 4.79 Å². The molecule has 0 aromatic rings. The zero-order valence-corrected chi connectivity index (χ0v) is 12.0. The smallest absolute Gasteiger partial charge is 0.224 e. The maximum absolute atomic E-state index is 12.5. The Bertz CT molecular complexity index is 291. The second kappa shape index (κ2) is 5.60. The van der Waals surface area contributed by atoms with E-state index < -0.39 is 0 Å². The van der Waals surface area contributed by atoms with Crippen molar-refractivity contribution in [2.45, 2.75) is 76.8 Å². The summed E-state index contributed by atoms with van der Waals surface area (Å²) >= 11 is 0. The highest BCUT2D eigenvalue weighted by Gasteiger charge is 2.37. The summed E-state index contributed by atoms with van der Waals surface area (Å²) in [5.74, 6) is 0.852. The lowest BCUT2D eigenvalue weighted by Gasteiger charge is -2.35. The van der Waals surface area contributed by atoms with Crippen LogP contribution in [0.5, 0.6) is 0 Å². The van der Waals surface area contributed by atoms with Crippen LogP contribution in [0.2, 0.25) is 0 Å². The predicted molar refractivity (Wildman–Crippen MR) is 74.2 cm³/mol. The Balaban J connectivity index is 1.91. The van der Waals surface area contributed by atoms with E-state index in [1.54, 1.807) is 0 Å². The van der Waals surface area contributed by atoms with Crippen LogP contribution in [0, 0.1) is 5.92 Å². The van der Waals surface area contributed by atoms with Gasteiger partial charge in [-0.05, 0) is 31.6 Å². The third-order valence-corrected chi connectivity index (χ3v) is 4.22. The van der Waals surface area contributed by atoms with Gasteiger partial charge in [0.2, 0.25) is 5.91 Å². The van der Waals surface area contributed by atoms with Crippen molar-refractivity contribution in [3.63, 3.8) is 0 Å². The van der Waals surface area contributed by atoms with E-state index in [0.29, 0.717) is 24.3 Å². The van der Waals surface area contributed by atoms with E-state index in [2.05, 4.69) is 18.7 Å². The lowest BCUT2D eigenvalue weighted by atomic mass is 9.80. The van der Waals surface area contributed by atoms with E-state index in [4.69, 9.17) is 5.73 Å². The Morgan fingerprint density at radius 2 is 1.89 bits per heavy atom. The van der Waals surface area contributed by atoms with Gasteiger partial charge in [-0.25, -0.2) is 0 Å². The van der Waals surface area contributed by atoms with Crippen LogP contribution in [0.15, 0.2) is 0 Å². The van der Waals surface area contributed by atoms with Crippen LogP contribution in [-0.4, -0.2) is 28.9 Å². The topological polar surface area (TPSA) is 46.3 Å². The summed E-state index contributed by atoms with van der Waals surface area (Å²) in [7, 11) is 0. The minimum absolute atomic E-state index is 0.209. The molecule has 18 heavy (non-hydrogen) atoms. The van der Waals surface area contributed by atoms with Crippen molar-refractivity contribution in [2.75, 3.05) is 6.54 Å². The molecule has 2 aliphatic carbocycles. The van der Waals surface area contributed by atoms with E-state index >= 15 is 0 Å². The van der Waals surface area contributed by atoms with Crippen molar-refractivity contribution in [2.24, 2.45) is 11.7 Å². The molecule has 0 bridgehead atoms. The molecule has 0 saturated heterocycles. The van der Waals surface area contributed by atoms with Gasteiger partial charge in [-0.15, -0.1) is 0 Å². The zero-order valence-electron chi connectivity index (χ0n) is 12.0. The first-order valence-electron chi connectivity index (χ1n) is 7.58. The first-order chi connectivity index (χ1) is 8.50. The number of rotatable bonds is 5. The van der Waals surface area contributed by atoms with Gasteiger partial charge >= 0.3 is 0 Å². The van der Waals surface area contributed by atoms with Crippen LogP contribution in [-0.2, 0) is 4.79 Å². The van der Waals surface area contributed by atoms with Crippen LogP contribution < -0.4 is 5.73 Å². The third kappa shape index (κ3) is 3.71. The quantitative estimate of drug-likeness (QED) is 0.817. The molecule has 104 valence electrons. The van der Waals surface area contributed by atoms with Crippen LogP contribution in [0.4, 0.5) is 0 Å². The standard InChI is InChI=1S/C15H28N2O/c1-12(2)11-17(13-6-7-13)14(18)10-15(16)8-4-3-5-9-15/h12-13H,3-11,16H2,1-2H3. The molecule has 2 fully saturated rings. The molecular weight excluding hydrogens is 224 g/mol. The van der Waals surface area contributed by atoms with Crippen molar-refractivity contribution < 1.29 is 4.79 Å². The molecule has 2 saturated carbocycles. The Morgan fingerprint density at radius 3 is 2.39 bits per heavy atom. The van der Waals surface area contributed by atoms with Crippen LogP contribution in [0.3, 0.4) is 0 Å². The monoisotopic (exact) mass is 252 g/mol. The van der Waals surface area contributed by atoms with Gasteiger partial charge in [0.1, 0.15) is 0 Å². The highest BCUT2D eigenvalue weighted by atomic mass is 16.2. The normalized spacial score (nSPS) is 23.1. The summed E-state index contributed by atoms with van der Waals surface area (Å²) in [6.45, 7) is 5.27. The SMILES string of the molecule is CC(C)CN(C(=O)CC1(N)CCCCC1)C1CC1. The van der Waals surface area contributed by atoms with E-state index in [9.17, 15) is 4.79 Å². The molecule has 3 heteroatoms. The van der Waals surface area contributed by atoms with Gasteiger partial charge in [0.05, 0.1) is 0 Å². The Morgan fingerprint density at radius 1 is 1.28 bits per heavy atom. The average molecular weight is 252 g/mol. The van der Waals surface area contributed by atoms with Gasteiger partial charge < -0.3 is 10.6 Å². The summed E-state index contributed by atoms with van der Waals surface area (Å²) in [4.78, 5) is 14.6. The molecule has 3 nitrogen and oxygen atoms in total. The van der Waals surface area contributed by atoms with Crippen LogP contribution >= 0.6 is 0 Å². The maximum atomic E-state index is 12.5. The minimum Gasteiger partial charge on any atom is -0.339 e. The lowest BCUT2D eigenvalue weighted by molar-refractivity contribution is -0.134. The molecule has 0 radical (unpaired) electrons. The van der Waals surface area contributed by atoms with Gasteiger partial charge in [-0.2, -0.15) is 0 Å². The third-order valence-electron chi connectivity index (χ3n) is 4.22. The molecule has 2 aliphatic rings. The summed E-state index contributed by atoms with van der Waals surface area (Å²) in [6.07, 6.45) is 8.67. The maximum Gasteiger partial charge on any atom is 0.224 e. The largest absolute Gasteiger partial charge is 0.339 e. The van der Waals surface area contributed by atoms with E-state index in [-0.39, 0.29) is 5.54 Å². The molecule has 0 aromatic carbocycles. The molecule has 0 unspecified atom stereocenters. The number of nitrogens with zero attached hydrogens (tertiary/aromatic N) is 1. The molecular formula is C15H28N2O. The molecule has 1 amide bonds. The van der Waals surface area contributed by atoms with Crippen molar-refractivity contribution in [3.8, 4) is 0 Å². The number of hydrogen-bond donors (Lipinski definition) is 1. The molecule has 0 atom stereocenters. The Labute approximate surface area is 111 Å². The molecule has 0 aliphatic heterocycles. The summed E-state index contributed by atoms with van der Waals surface area (Å²) in [5.41, 5.74) is 6.19. The minimum atomic E-state index is -0.209. The average Bonchev–Trinajstić information content (AvgIpc) is 3.09. The fourth-order valence-electron chi connectivity index (χ4n) is 3.07. The van der Waals surface area contributed by atoms with Crippen LogP contribution in [0.25, 0.3) is 0 Å². The second-order valence-corrected chi connectivity index (χ2v) is 6.77. The molecule has 0 heterocycles. The first kappa shape index (κ1) is 13.9. The van der Waals surface area contributed by atoms with Gasteiger partial charge in [-0.1, -0.05) is 33.1 Å². The number of nitrogens with two attached hydrogens (primary N) is 1. The fourth-order valence-corrected chi connectivity index (χ4v) is 3.07. The molecule has 0 spiro atoms. The van der Waals surface area contributed by atoms with Crippen LogP contribution in [0.1, 0.15) is 65.2 Å². The number of hydrogen-bond acceptors (Lipinski definition) is 2. The number of carbonyl (C=O) groups is 1. The highest BCUT2D eigenvalue weighted by Crippen LogP contribution is 2.32. The first-order valence-corrected chi connectivity index (χ1v) is 7.58. The van der Waals surface area contributed by atoms with E-state index in [1.807, 2.05) is 0 Å². The Hall–Kier alpha value is -0.570. The fraction of sp³-hybridized carbons (Fsp3) is 0.933.